The maximum Gasteiger partial charge on any atom is 0.573 e. The topological polar surface area (TPSA) is 58.6 Å². The van der Waals surface area contributed by atoms with Crippen molar-refractivity contribution in [2.75, 3.05) is 25.9 Å². The van der Waals surface area contributed by atoms with Crippen molar-refractivity contribution in [1.29, 1.82) is 0 Å². The average molecular weight is 380 g/mol. The maximum atomic E-state index is 12.2. The molecule has 9 heteroatoms. The number of sulfonamides is 1. The second kappa shape index (κ2) is 7.92. The van der Waals surface area contributed by atoms with Crippen LogP contribution in [0.4, 0.5) is 13.2 Å². The highest BCUT2D eigenvalue weighted by Gasteiger charge is 2.31. The quantitative estimate of drug-likeness (QED) is 0.825. The summed E-state index contributed by atoms with van der Waals surface area (Å²) in [4.78, 5) is 2.22. The SMILES string of the molecule is C[C@@H](c1ccc(OC(F)(F)F)cc1)N1CCC[C@@H](CNS(C)(=O)=O)C1. The summed E-state index contributed by atoms with van der Waals surface area (Å²) in [6.45, 7) is 4.01. The Morgan fingerprint density at radius 3 is 2.52 bits per heavy atom. The van der Waals surface area contributed by atoms with E-state index >= 15 is 0 Å². The summed E-state index contributed by atoms with van der Waals surface area (Å²) in [6.07, 6.45) is -1.65. The second-order valence-electron chi connectivity index (χ2n) is 6.42. The Bertz CT molecular complexity index is 662. The van der Waals surface area contributed by atoms with E-state index in [0.717, 1.165) is 37.8 Å². The van der Waals surface area contributed by atoms with Crippen LogP contribution in [0.25, 0.3) is 0 Å². The van der Waals surface area contributed by atoms with E-state index in [9.17, 15) is 21.6 Å². The van der Waals surface area contributed by atoms with Crippen molar-refractivity contribution in [1.82, 2.24) is 9.62 Å². The molecular formula is C16H23F3N2O3S. The fourth-order valence-electron chi connectivity index (χ4n) is 3.04. The maximum absolute atomic E-state index is 12.2. The van der Waals surface area contributed by atoms with Crippen LogP contribution in [0.15, 0.2) is 24.3 Å². The Balaban J connectivity index is 1.96. The molecule has 0 aromatic heterocycles. The van der Waals surface area contributed by atoms with Crippen molar-refractivity contribution in [2.24, 2.45) is 5.92 Å². The number of hydrogen-bond donors (Lipinski definition) is 1. The molecule has 0 amide bonds. The standard InChI is InChI=1S/C16H23F3N2O3S/c1-12(14-5-7-15(8-6-14)24-16(17,18)19)21-9-3-4-13(11-21)10-20-25(2,22)23/h5-8,12-13,20H,3-4,9-11H2,1-2H3/t12-,13-/m0/s1. The largest absolute Gasteiger partial charge is 0.573 e. The van der Waals surface area contributed by atoms with Crippen molar-refractivity contribution < 1.29 is 26.3 Å². The Morgan fingerprint density at radius 2 is 1.96 bits per heavy atom. The number of ether oxygens (including phenoxy) is 1. The second-order valence-corrected chi connectivity index (χ2v) is 8.25. The monoisotopic (exact) mass is 380 g/mol. The molecule has 1 saturated heterocycles. The van der Waals surface area contributed by atoms with Crippen LogP contribution in [0, 0.1) is 5.92 Å². The fraction of sp³-hybridized carbons (Fsp3) is 0.625. The summed E-state index contributed by atoms with van der Waals surface area (Å²) in [5.41, 5.74) is 0.895. The van der Waals surface area contributed by atoms with Crippen molar-refractivity contribution in [3.05, 3.63) is 29.8 Å². The van der Waals surface area contributed by atoms with Gasteiger partial charge in [-0.2, -0.15) is 0 Å². The summed E-state index contributed by atoms with van der Waals surface area (Å²) in [5.74, 6) is -0.0175. The zero-order valence-corrected chi connectivity index (χ0v) is 15.0. The van der Waals surface area contributed by atoms with Crippen molar-refractivity contribution in [3.63, 3.8) is 0 Å². The van der Waals surface area contributed by atoms with Crippen molar-refractivity contribution >= 4 is 10.0 Å². The van der Waals surface area contributed by atoms with Crippen LogP contribution in [-0.4, -0.2) is 45.6 Å². The van der Waals surface area contributed by atoms with Gasteiger partial charge in [0.1, 0.15) is 5.75 Å². The zero-order chi connectivity index (χ0) is 18.7. The lowest BCUT2D eigenvalue weighted by Gasteiger charge is -2.37. The lowest BCUT2D eigenvalue weighted by atomic mass is 9.95. The first-order chi connectivity index (χ1) is 11.5. The van der Waals surface area contributed by atoms with Gasteiger partial charge in [-0.15, -0.1) is 13.2 Å². The van der Waals surface area contributed by atoms with Gasteiger partial charge in [-0.1, -0.05) is 12.1 Å². The van der Waals surface area contributed by atoms with E-state index in [4.69, 9.17) is 0 Å². The molecule has 1 heterocycles. The summed E-state index contributed by atoms with van der Waals surface area (Å²) in [7, 11) is -3.21. The number of hydrogen-bond acceptors (Lipinski definition) is 4. The first-order valence-electron chi connectivity index (χ1n) is 8.08. The van der Waals surface area contributed by atoms with Gasteiger partial charge < -0.3 is 4.74 Å². The number of likely N-dealkylation sites (tertiary alicyclic amines) is 1. The number of nitrogens with zero attached hydrogens (tertiary/aromatic N) is 1. The normalized spacial score (nSPS) is 21.1. The Kier molecular flexibility index (Phi) is 6.34. The number of alkyl halides is 3. The van der Waals surface area contributed by atoms with Gasteiger partial charge in [0, 0.05) is 19.1 Å². The lowest BCUT2D eigenvalue weighted by molar-refractivity contribution is -0.274. The van der Waals surface area contributed by atoms with Crippen LogP contribution in [0.1, 0.15) is 31.4 Å². The van der Waals surface area contributed by atoms with E-state index in [2.05, 4.69) is 14.4 Å². The number of nitrogens with one attached hydrogen (secondary N) is 1. The minimum absolute atomic E-state index is 0.0287. The summed E-state index contributed by atoms with van der Waals surface area (Å²) in [6, 6.07) is 5.91. The smallest absolute Gasteiger partial charge is 0.406 e. The van der Waals surface area contributed by atoms with E-state index in [1.165, 1.54) is 12.1 Å². The highest BCUT2D eigenvalue weighted by atomic mass is 32.2. The van der Waals surface area contributed by atoms with Crippen molar-refractivity contribution in [2.45, 2.75) is 32.2 Å². The van der Waals surface area contributed by atoms with Gasteiger partial charge >= 0.3 is 6.36 Å². The van der Waals surface area contributed by atoms with Crippen molar-refractivity contribution in [3.8, 4) is 5.75 Å². The molecule has 1 aliphatic rings. The lowest BCUT2D eigenvalue weighted by Crippen LogP contribution is -2.41. The predicted octanol–water partition coefficient (Wildman–Crippen LogP) is 2.91. The van der Waals surface area contributed by atoms with E-state index in [1.54, 1.807) is 12.1 Å². The van der Waals surface area contributed by atoms with Crippen LogP contribution in [0.2, 0.25) is 0 Å². The molecule has 2 atom stereocenters. The third-order valence-corrected chi connectivity index (χ3v) is 5.02. The molecule has 0 radical (unpaired) electrons. The van der Waals surface area contributed by atoms with E-state index < -0.39 is 16.4 Å². The van der Waals surface area contributed by atoms with Gasteiger partial charge in [-0.25, -0.2) is 13.1 Å². The molecule has 1 aliphatic heterocycles. The van der Waals surface area contributed by atoms with Gasteiger partial charge in [0.05, 0.1) is 6.26 Å². The highest BCUT2D eigenvalue weighted by Crippen LogP contribution is 2.29. The Labute approximate surface area is 146 Å². The zero-order valence-electron chi connectivity index (χ0n) is 14.2. The molecule has 142 valence electrons. The first-order valence-corrected chi connectivity index (χ1v) is 9.97. The van der Waals surface area contributed by atoms with Crippen LogP contribution in [0.5, 0.6) is 5.75 Å². The molecule has 5 nitrogen and oxygen atoms in total. The van der Waals surface area contributed by atoms with Gasteiger partial charge in [0.2, 0.25) is 10.0 Å². The molecular weight excluding hydrogens is 357 g/mol. The molecule has 0 bridgehead atoms. The molecule has 1 fully saturated rings. The minimum atomic E-state index is -4.69. The van der Waals surface area contributed by atoms with E-state index in [1.807, 2.05) is 6.92 Å². The van der Waals surface area contributed by atoms with Crippen LogP contribution in [0.3, 0.4) is 0 Å². The van der Waals surface area contributed by atoms with Gasteiger partial charge in [0.25, 0.3) is 0 Å². The summed E-state index contributed by atoms with van der Waals surface area (Å²) >= 11 is 0. The molecule has 1 aromatic carbocycles. The van der Waals surface area contributed by atoms with Gasteiger partial charge in [0.15, 0.2) is 0 Å². The van der Waals surface area contributed by atoms with Crippen LogP contribution >= 0.6 is 0 Å². The average Bonchev–Trinajstić information content (AvgIpc) is 2.51. The minimum Gasteiger partial charge on any atom is -0.406 e. The summed E-state index contributed by atoms with van der Waals surface area (Å²) in [5, 5.41) is 0. The molecule has 0 saturated carbocycles. The molecule has 1 N–H and O–H groups in total. The first kappa shape index (κ1) is 20.0. The van der Waals surface area contributed by atoms with Crippen LogP contribution in [-0.2, 0) is 10.0 Å². The number of halogens is 3. The van der Waals surface area contributed by atoms with Crippen LogP contribution < -0.4 is 9.46 Å². The Hall–Kier alpha value is -1.32. The predicted molar refractivity (Wildman–Crippen MR) is 88.7 cm³/mol. The number of rotatable bonds is 6. The third-order valence-electron chi connectivity index (χ3n) is 4.33. The molecule has 25 heavy (non-hydrogen) atoms. The molecule has 1 aromatic rings. The van der Waals surface area contributed by atoms with Gasteiger partial charge in [-0.05, 0) is 49.9 Å². The molecule has 0 unspecified atom stereocenters. The summed E-state index contributed by atoms with van der Waals surface area (Å²) < 4.78 is 65.5. The number of benzene rings is 1. The van der Waals surface area contributed by atoms with E-state index in [-0.39, 0.29) is 17.7 Å². The highest BCUT2D eigenvalue weighted by molar-refractivity contribution is 7.88. The Morgan fingerprint density at radius 1 is 1.32 bits per heavy atom. The van der Waals surface area contributed by atoms with Gasteiger partial charge in [-0.3, -0.25) is 4.90 Å². The molecule has 0 spiro atoms. The number of piperidine rings is 1. The fourth-order valence-corrected chi connectivity index (χ4v) is 3.58. The third kappa shape index (κ3) is 6.83. The molecule has 0 aliphatic carbocycles. The molecule has 2 rings (SSSR count). The van der Waals surface area contributed by atoms with E-state index in [0.29, 0.717) is 6.54 Å².